The standard InChI is InChI=1S/C12H12F3N5O2/c13-12(14,15)6-22-11-19-9(16)18-10(20-11)17-5-7-1-3-8(21)4-2-7/h1-4,21H,5-6H2,(H3,16,17,18,19,20). The number of aromatic nitrogens is 3. The molecule has 22 heavy (non-hydrogen) atoms. The molecule has 0 aliphatic heterocycles. The lowest BCUT2D eigenvalue weighted by atomic mass is 10.2. The van der Waals surface area contributed by atoms with Gasteiger partial charge >= 0.3 is 12.2 Å². The number of hydrogen-bond donors (Lipinski definition) is 3. The van der Waals surface area contributed by atoms with E-state index in [1.807, 2.05) is 0 Å². The van der Waals surface area contributed by atoms with E-state index in [0.29, 0.717) is 0 Å². The Morgan fingerprint density at radius 2 is 1.82 bits per heavy atom. The number of phenolic OH excluding ortho intramolecular Hbond substituents is 1. The van der Waals surface area contributed by atoms with Crippen LogP contribution in [0.5, 0.6) is 11.8 Å². The highest BCUT2D eigenvalue weighted by Crippen LogP contribution is 2.17. The van der Waals surface area contributed by atoms with Gasteiger partial charge < -0.3 is 20.9 Å². The molecule has 0 radical (unpaired) electrons. The average Bonchev–Trinajstić information content (AvgIpc) is 2.43. The molecular formula is C12H12F3N5O2. The molecule has 7 nitrogen and oxygen atoms in total. The Bertz CT molecular complexity index is 634. The summed E-state index contributed by atoms with van der Waals surface area (Å²) in [5, 5.41) is 11.9. The number of nitrogen functional groups attached to an aromatic ring is 1. The molecule has 118 valence electrons. The Labute approximate surface area is 123 Å². The molecule has 0 atom stereocenters. The van der Waals surface area contributed by atoms with Crippen molar-refractivity contribution in [1.82, 2.24) is 15.0 Å². The molecule has 0 saturated carbocycles. The number of anilines is 2. The normalized spacial score (nSPS) is 11.2. The summed E-state index contributed by atoms with van der Waals surface area (Å²) in [6, 6.07) is 5.80. The average molecular weight is 315 g/mol. The largest absolute Gasteiger partial charge is 0.508 e. The highest BCUT2D eigenvalue weighted by Gasteiger charge is 2.29. The number of alkyl halides is 3. The summed E-state index contributed by atoms with van der Waals surface area (Å²) >= 11 is 0. The molecule has 2 rings (SSSR count). The van der Waals surface area contributed by atoms with Gasteiger partial charge in [0.15, 0.2) is 6.61 Å². The second-order valence-corrected chi connectivity index (χ2v) is 4.22. The topological polar surface area (TPSA) is 106 Å². The Hall–Kier alpha value is -2.78. The Kier molecular flexibility index (Phi) is 4.49. The maximum absolute atomic E-state index is 12.1. The van der Waals surface area contributed by atoms with Crippen LogP contribution in [0.15, 0.2) is 24.3 Å². The van der Waals surface area contributed by atoms with Crippen molar-refractivity contribution in [3.63, 3.8) is 0 Å². The SMILES string of the molecule is Nc1nc(NCc2ccc(O)cc2)nc(OCC(F)(F)F)n1. The number of aromatic hydroxyl groups is 1. The molecule has 0 unspecified atom stereocenters. The molecule has 10 heteroatoms. The van der Waals surface area contributed by atoms with Gasteiger partial charge in [0.05, 0.1) is 0 Å². The van der Waals surface area contributed by atoms with Crippen LogP contribution < -0.4 is 15.8 Å². The first-order valence-corrected chi connectivity index (χ1v) is 6.05. The summed E-state index contributed by atoms with van der Waals surface area (Å²) in [5.41, 5.74) is 6.19. The maximum Gasteiger partial charge on any atom is 0.422 e. The lowest BCUT2D eigenvalue weighted by molar-refractivity contribution is -0.154. The zero-order valence-corrected chi connectivity index (χ0v) is 11.1. The van der Waals surface area contributed by atoms with Crippen LogP contribution in [0.4, 0.5) is 25.1 Å². The molecule has 0 fully saturated rings. The van der Waals surface area contributed by atoms with E-state index >= 15 is 0 Å². The van der Waals surface area contributed by atoms with Crippen LogP contribution in [0.25, 0.3) is 0 Å². The Morgan fingerprint density at radius 3 is 2.45 bits per heavy atom. The van der Waals surface area contributed by atoms with Gasteiger partial charge in [-0.1, -0.05) is 12.1 Å². The first-order valence-electron chi connectivity index (χ1n) is 6.05. The minimum Gasteiger partial charge on any atom is -0.508 e. The lowest BCUT2D eigenvalue weighted by Crippen LogP contribution is -2.21. The van der Waals surface area contributed by atoms with Crippen molar-refractivity contribution in [1.29, 1.82) is 0 Å². The second kappa shape index (κ2) is 6.33. The first kappa shape index (κ1) is 15.6. The van der Waals surface area contributed by atoms with Gasteiger partial charge in [-0.3, -0.25) is 0 Å². The van der Waals surface area contributed by atoms with Gasteiger partial charge in [0.2, 0.25) is 11.9 Å². The molecule has 1 aromatic heterocycles. The fourth-order valence-electron chi connectivity index (χ4n) is 1.46. The monoisotopic (exact) mass is 315 g/mol. The number of rotatable bonds is 5. The van der Waals surface area contributed by atoms with Crippen molar-refractivity contribution >= 4 is 11.9 Å². The van der Waals surface area contributed by atoms with E-state index in [9.17, 15) is 13.2 Å². The van der Waals surface area contributed by atoms with E-state index < -0.39 is 18.8 Å². The number of nitrogens with two attached hydrogens (primary N) is 1. The summed E-state index contributed by atoms with van der Waals surface area (Å²) in [5.74, 6) is -0.158. The number of nitrogens with zero attached hydrogens (tertiary/aromatic N) is 3. The highest BCUT2D eigenvalue weighted by molar-refractivity contribution is 5.34. The number of halogens is 3. The third kappa shape index (κ3) is 4.96. The van der Waals surface area contributed by atoms with Crippen LogP contribution in [0.3, 0.4) is 0 Å². The molecule has 0 amide bonds. The summed E-state index contributed by atoms with van der Waals surface area (Å²) in [7, 11) is 0. The van der Waals surface area contributed by atoms with Crippen molar-refractivity contribution in [2.24, 2.45) is 0 Å². The molecule has 0 spiro atoms. The molecule has 0 saturated heterocycles. The van der Waals surface area contributed by atoms with E-state index in [1.54, 1.807) is 12.1 Å². The van der Waals surface area contributed by atoms with Gasteiger partial charge in [0, 0.05) is 6.54 Å². The minimum atomic E-state index is -4.50. The highest BCUT2D eigenvalue weighted by atomic mass is 19.4. The van der Waals surface area contributed by atoms with Crippen LogP contribution in [0.2, 0.25) is 0 Å². The van der Waals surface area contributed by atoms with Crippen LogP contribution in [-0.2, 0) is 6.54 Å². The molecule has 1 aromatic carbocycles. The number of ether oxygens (including phenoxy) is 1. The Balaban J connectivity index is 2.01. The van der Waals surface area contributed by atoms with Gasteiger partial charge in [-0.05, 0) is 17.7 Å². The van der Waals surface area contributed by atoms with Crippen LogP contribution in [0.1, 0.15) is 5.56 Å². The fourth-order valence-corrected chi connectivity index (χ4v) is 1.46. The summed E-state index contributed by atoms with van der Waals surface area (Å²) in [4.78, 5) is 10.9. The summed E-state index contributed by atoms with van der Waals surface area (Å²) in [6.45, 7) is -1.24. The lowest BCUT2D eigenvalue weighted by Gasteiger charge is -2.09. The third-order valence-electron chi connectivity index (χ3n) is 2.38. The minimum absolute atomic E-state index is 0.0160. The predicted octanol–water partition coefficient (Wildman–Crippen LogP) is 1.71. The smallest absolute Gasteiger partial charge is 0.422 e. The van der Waals surface area contributed by atoms with Gasteiger partial charge in [-0.25, -0.2) is 0 Å². The van der Waals surface area contributed by atoms with Crippen LogP contribution in [0, 0.1) is 0 Å². The Morgan fingerprint density at radius 1 is 1.14 bits per heavy atom. The zero-order valence-electron chi connectivity index (χ0n) is 11.1. The van der Waals surface area contributed by atoms with Gasteiger partial charge in [-0.2, -0.15) is 28.1 Å². The van der Waals surface area contributed by atoms with Crippen molar-refractivity contribution < 1.29 is 23.0 Å². The summed E-state index contributed by atoms with van der Waals surface area (Å²) in [6.07, 6.45) is -4.50. The zero-order chi connectivity index (χ0) is 16.2. The number of nitrogens with one attached hydrogen (secondary N) is 1. The second-order valence-electron chi connectivity index (χ2n) is 4.22. The molecule has 2 aromatic rings. The van der Waals surface area contributed by atoms with Gasteiger partial charge in [-0.15, -0.1) is 0 Å². The molecule has 0 aliphatic carbocycles. The third-order valence-corrected chi connectivity index (χ3v) is 2.38. The van der Waals surface area contributed by atoms with Gasteiger partial charge in [0.25, 0.3) is 0 Å². The molecule has 0 bridgehead atoms. The molecule has 1 heterocycles. The quantitative estimate of drug-likeness (QED) is 0.771. The van der Waals surface area contributed by atoms with Crippen molar-refractivity contribution in [2.75, 3.05) is 17.7 Å². The van der Waals surface area contributed by atoms with Crippen LogP contribution >= 0.6 is 0 Å². The molecule has 4 N–H and O–H groups in total. The van der Waals surface area contributed by atoms with Gasteiger partial charge in [0.1, 0.15) is 5.75 Å². The van der Waals surface area contributed by atoms with E-state index in [0.717, 1.165) is 5.56 Å². The maximum atomic E-state index is 12.1. The summed E-state index contributed by atoms with van der Waals surface area (Å²) < 4.78 is 40.7. The first-order chi connectivity index (χ1) is 10.3. The van der Waals surface area contributed by atoms with E-state index in [1.165, 1.54) is 12.1 Å². The number of hydrogen-bond acceptors (Lipinski definition) is 7. The van der Waals surface area contributed by atoms with E-state index in [2.05, 4.69) is 25.0 Å². The van der Waals surface area contributed by atoms with Crippen molar-refractivity contribution in [3.05, 3.63) is 29.8 Å². The number of benzene rings is 1. The van der Waals surface area contributed by atoms with Crippen molar-refractivity contribution in [3.8, 4) is 11.8 Å². The van der Waals surface area contributed by atoms with E-state index in [-0.39, 0.29) is 24.2 Å². The number of phenols is 1. The van der Waals surface area contributed by atoms with E-state index in [4.69, 9.17) is 10.8 Å². The van der Waals surface area contributed by atoms with Crippen LogP contribution in [-0.4, -0.2) is 32.8 Å². The molecule has 0 aliphatic rings. The predicted molar refractivity (Wildman–Crippen MR) is 71.2 cm³/mol. The molecular weight excluding hydrogens is 303 g/mol. The van der Waals surface area contributed by atoms with Crippen molar-refractivity contribution in [2.45, 2.75) is 12.7 Å². The fraction of sp³-hybridized carbons (Fsp3) is 0.250.